The summed E-state index contributed by atoms with van der Waals surface area (Å²) in [5.41, 5.74) is 0. The van der Waals surface area contributed by atoms with Gasteiger partial charge in [0, 0.05) is 14.1 Å². The largest absolute Gasteiger partial charge is 0.353 e. The van der Waals surface area contributed by atoms with E-state index in [4.69, 9.17) is 11.6 Å². The molecule has 2 aromatic rings. The Morgan fingerprint density at radius 1 is 1.41 bits per heavy atom. The van der Waals surface area contributed by atoms with E-state index in [1.165, 1.54) is 11.3 Å². The van der Waals surface area contributed by atoms with E-state index in [0.717, 1.165) is 23.1 Å². The lowest BCUT2D eigenvalue weighted by Crippen LogP contribution is -2.07. The summed E-state index contributed by atoms with van der Waals surface area (Å²) in [7, 11) is 3.72. The number of hydrogen-bond acceptors (Lipinski definition) is 7. The Balaban J connectivity index is 2.22. The molecule has 0 unspecified atom stereocenters. The number of anilines is 1. The predicted molar refractivity (Wildman–Crippen MR) is 65.4 cm³/mol. The molecule has 2 heterocycles. The van der Waals surface area contributed by atoms with Crippen molar-refractivity contribution in [1.29, 1.82) is 0 Å². The number of nitrogens with zero attached hydrogens (tertiary/aromatic N) is 5. The van der Waals surface area contributed by atoms with E-state index in [0.29, 0.717) is 4.34 Å². The lowest BCUT2D eigenvalue weighted by Gasteiger charge is -2.03. The Kier molecular flexibility index (Phi) is 3.75. The average molecular weight is 292 g/mol. The molecule has 5 nitrogen and oxygen atoms in total. The first-order valence-corrected chi connectivity index (χ1v) is 6.44. The molecule has 0 fully saturated rings. The van der Waals surface area contributed by atoms with Crippen molar-refractivity contribution in [3.8, 4) is 0 Å². The summed E-state index contributed by atoms with van der Waals surface area (Å²) < 4.78 is 14.0. The van der Waals surface area contributed by atoms with Crippen LogP contribution in [0.5, 0.6) is 0 Å². The van der Waals surface area contributed by atoms with E-state index in [2.05, 4.69) is 20.2 Å². The van der Waals surface area contributed by atoms with Crippen molar-refractivity contribution in [2.75, 3.05) is 19.0 Å². The molecule has 0 saturated carbocycles. The lowest BCUT2D eigenvalue weighted by atomic mass is 10.6. The van der Waals surface area contributed by atoms with Crippen molar-refractivity contribution in [1.82, 2.24) is 20.2 Å². The van der Waals surface area contributed by atoms with Gasteiger partial charge in [0.1, 0.15) is 5.03 Å². The molecule has 90 valence electrons. The van der Waals surface area contributed by atoms with Crippen LogP contribution in [0.4, 0.5) is 9.52 Å². The van der Waals surface area contributed by atoms with Crippen molar-refractivity contribution >= 4 is 39.8 Å². The molecule has 2 aromatic heterocycles. The Morgan fingerprint density at radius 2 is 2.18 bits per heavy atom. The third-order valence-electron chi connectivity index (χ3n) is 1.64. The van der Waals surface area contributed by atoms with Crippen LogP contribution >= 0.6 is 34.7 Å². The summed E-state index contributed by atoms with van der Waals surface area (Å²) in [5, 5.41) is 8.76. The second-order valence-electron chi connectivity index (χ2n) is 3.14. The quantitative estimate of drug-likeness (QED) is 0.639. The smallest absolute Gasteiger partial charge is 0.223 e. The summed E-state index contributed by atoms with van der Waals surface area (Å²) in [6.07, 6.45) is 1.03. The van der Waals surface area contributed by atoms with Crippen LogP contribution in [0.25, 0.3) is 0 Å². The maximum atomic E-state index is 13.4. The SMILES string of the molecule is CN(C)c1nnc(Sc2nc(Cl)ncc2F)s1. The van der Waals surface area contributed by atoms with Crippen molar-refractivity contribution in [3.63, 3.8) is 0 Å². The number of hydrogen-bond donors (Lipinski definition) is 0. The molecule has 0 amide bonds. The summed E-state index contributed by atoms with van der Waals surface area (Å²) in [5.74, 6) is -0.527. The second kappa shape index (κ2) is 5.11. The third-order valence-corrected chi connectivity index (χ3v) is 3.95. The molecule has 0 bridgehead atoms. The van der Waals surface area contributed by atoms with Crippen LogP contribution in [-0.4, -0.2) is 34.3 Å². The molecular formula is C8H7ClFN5S2. The zero-order valence-corrected chi connectivity index (χ0v) is 11.3. The van der Waals surface area contributed by atoms with Crippen molar-refractivity contribution < 1.29 is 4.39 Å². The van der Waals surface area contributed by atoms with Crippen LogP contribution in [0.1, 0.15) is 0 Å². The molecule has 0 aromatic carbocycles. The van der Waals surface area contributed by atoms with E-state index in [-0.39, 0.29) is 10.3 Å². The summed E-state index contributed by atoms with van der Waals surface area (Å²) in [6.45, 7) is 0. The molecule has 0 N–H and O–H groups in total. The Hall–Kier alpha value is -0.990. The maximum Gasteiger partial charge on any atom is 0.223 e. The normalized spacial score (nSPS) is 10.6. The van der Waals surface area contributed by atoms with E-state index < -0.39 is 5.82 Å². The van der Waals surface area contributed by atoms with Gasteiger partial charge in [0.2, 0.25) is 10.4 Å². The Morgan fingerprint density at radius 3 is 2.82 bits per heavy atom. The van der Waals surface area contributed by atoms with Gasteiger partial charge in [0.05, 0.1) is 6.20 Å². The summed E-state index contributed by atoms with van der Waals surface area (Å²) in [6, 6.07) is 0. The summed E-state index contributed by atoms with van der Waals surface area (Å²) in [4.78, 5) is 9.15. The molecular weight excluding hydrogens is 285 g/mol. The topological polar surface area (TPSA) is 54.8 Å². The number of rotatable bonds is 3. The van der Waals surface area contributed by atoms with E-state index in [1.54, 1.807) is 0 Å². The predicted octanol–water partition coefficient (Wildman–Crippen LogP) is 2.34. The fourth-order valence-electron chi connectivity index (χ4n) is 0.910. The highest BCUT2D eigenvalue weighted by molar-refractivity contribution is 8.01. The first kappa shape index (κ1) is 12.5. The third kappa shape index (κ3) is 3.02. The van der Waals surface area contributed by atoms with Crippen LogP contribution in [0.2, 0.25) is 5.28 Å². The second-order valence-corrected chi connectivity index (χ2v) is 5.67. The highest BCUT2D eigenvalue weighted by Gasteiger charge is 2.12. The molecule has 0 aliphatic carbocycles. The van der Waals surface area contributed by atoms with E-state index in [1.807, 2.05) is 19.0 Å². The van der Waals surface area contributed by atoms with E-state index in [9.17, 15) is 4.39 Å². The van der Waals surface area contributed by atoms with Gasteiger partial charge in [0.15, 0.2) is 10.2 Å². The maximum absolute atomic E-state index is 13.4. The van der Waals surface area contributed by atoms with Gasteiger partial charge >= 0.3 is 0 Å². The van der Waals surface area contributed by atoms with Gasteiger partial charge in [-0.05, 0) is 23.4 Å². The van der Waals surface area contributed by atoms with E-state index >= 15 is 0 Å². The fraction of sp³-hybridized carbons (Fsp3) is 0.250. The molecule has 17 heavy (non-hydrogen) atoms. The van der Waals surface area contributed by atoms with Gasteiger partial charge in [-0.2, -0.15) is 0 Å². The molecule has 2 rings (SSSR count). The van der Waals surface area contributed by atoms with Crippen molar-refractivity contribution in [3.05, 3.63) is 17.3 Å². The van der Waals surface area contributed by atoms with Gasteiger partial charge in [-0.25, -0.2) is 14.4 Å². The highest BCUT2D eigenvalue weighted by atomic mass is 35.5. The first-order valence-electron chi connectivity index (χ1n) is 4.43. The first-order chi connectivity index (χ1) is 8.06. The zero-order valence-electron chi connectivity index (χ0n) is 8.89. The van der Waals surface area contributed by atoms with Crippen LogP contribution < -0.4 is 4.90 Å². The molecule has 0 atom stereocenters. The van der Waals surface area contributed by atoms with Gasteiger partial charge in [-0.3, -0.25) is 0 Å². The van der Waals surface area contributed by atoms with Crippen LogP contribution in [-0.2, 0) is 0 Å². The molecule has 0 aliphatic heterocycles. The lowest BCUT2D eigenvalue weighted by molar-refractivity contribution is 0.579. The average Bonchev–Trinajstić information content (AvgIpc) is 2.72. The van der Waals surface area contributed by atoms with Crippen molar-refractivity contribution in [2.45, 2.75) is 9.37 Å². The highest BCUT2D eigenvalue weighted by Crippen LogP contribution is 2.32. The monoisotopic (exact) mass is 291 g/mol. The van der Waals surface area contributed by atoms with Crippen LogP contribution in [0, 0.1) is 5.82 Å². The summed E-state index contributed by atoms with van der Waals surface area (Å²) >= 11 is 8.02. The molecule has 0 spiro atoms. The van der Waals surface area contributed by atoms with Gasteiger partial charge in [-0.1, -0.05) is 11.3 Å². The minimum atomic E-state index is -0.527. The molecule has 0 radical (unpaired) electrons. The van der Waals surface area contributed by atoms with Crippen LogP contribution in [0.15, 0.2) is 15.6 Å². The Bertz CT molecular complexity index is 532. The molecule has 0 aliphatic rings. The zero-order chi connectivity index (χ0) is 12.4. The van der Waals surface area contributed by atoms with Gasteiger partial charge < -0.3 is 4.90 Å². The minimum Gasteiger partial charge on any atom is -0.353 e. The fourth-order valence-corrected chi connectivity index (χ4v) is 2.75. The molecule has 9 heteroatoms. The van der Waals surface area contributed by atoms with Crippen LogP contribution in [0.3, 0.4) is 0 Å². The molecule has 0 saturated heterocycles. The van der Waals surface area contributed by atoms with Gasteiger partial charge in [0.25, 0.3) is 0 Å². The Labute approximate surface area is 110 Å². The number of halogens is 2. The van der Waals surface area contributed by atoms with Crippen molar-refractivity contribution in [2.24, 2.45) is 0 Å². The van der Waals surface area contributed by atoms with Gasteiger partial charge in [-0.15, -0.1) is 10.2 Å². The standard InChI is InChI=1S/C8H7ClFN5S2/c1-15(2)7-13-14-8(17-7)16-5-4(10)3-11-6(9)12-5/h3H,1-2H3. The minimum absolute atomic E-state index is 0.00579. The number of aromatic nitrogens is 4.